The number of rotatable bonds is 1. The molecule has 12 heavy (non-hydrogen) atoms. The zero-order chi connectivity index (χ0) is 8.39. The average Bonchev–Trinajstić information content (AvgIpc) is 2.58. The number of anilines is 1. The number of nitrogens with one attached hydrogen (secondary N) is 1. The van der Waals surface area contributed by atoms with Gasteiger partial charge in [0.25, 0.3) is 0 Å². The highest BCUT2D eigenvalue weighted by molar-refractivity contribution is 9.10. The van der Waals surface area contributed by atoms with E-state index < -0.39 is 0 Å². The van der Waals surface area contributed by atoms with Crippen LogP contribution in [0.2, 0.25) is 0 Å². The van der Waals surface area contributed by atoms with Gasteiger partial charge in [0.2, 0.25) is 5.95 Å². The third-order valence-electron chi connectivity index (χ3n) is 1.71. The monoisotopic (exact) mass is 228 g/mol. The van der Waals surface area contributed by atoms with Crippen LogP contribution in [0.4, 0.5) is 5.95 Å². The summed E-state index contributed by atoms with van der Waals surface area (Å²) in [7, 11) is 0. The molecule has 1 N–H and O–H groups in total. The molecule has 0 aromatic carbocycles. The largest absolute Gasteiger partial charge is 0.276 e. The van der Waals surface area contributed by atoms with Crippen LogP contribution >= 0.6 is 15.9 Å². The van der Waals surface area contributed by atoms with E-state index in [2.05, 4.69) is 31.3 Å². The summed E-state index contributed by atoms with van der Waals surface area (Å²) in [5.74, 6) is 0.746. The molecule has 0 amide bonds. The summed E-state index contributed by atoms with van der Waals surface area (Å²) in [5.41, 5.74) is 3.19. The minimum absolute atomic E-state index is 0.746. The van der Waals surface area contributed by atoms with Crippen LogP contribution < -0.4 is 10.4 Å². The van der Waals surface area contributed by atoms with E-state index in [1.54, 1.807) is 12.4 Å². The molecule has 0 unspecified atom stereocenters. The van der Waals surface area contributed by atoms with E-state index in [0.29, 0.717) is 0 Å². The van der Waals surface area contributed by atoms with Crippen molar-refractivity contribution in [3.05, 3.63) is 16.9 Å². The normalized spacial score (nSPS) is 16.9. The molecule has 1 aromatic heterocycles. The Morgan fingerprint density at radius 1 is 1.42 bits per heavy atom. The van der Waals surface area contributed by atoms with Crippen molar-refractivity contribution >= 4 is 21.9 Å². The molecule has 0 bridgehead atoms. The van der Waals surface area contributed by atoms with Crippen molar-refractivity contribution in [2.45, 2.75) is 6.42 Å². The molecule has 0 saturated carbocycles. The van der Waals surface area contributed by atoms with Crippen molar-refractivity contribution in [1.82, 2.24) is 15.4 Å². The standard InChI is InChI=1S/C7H9BrN4/c8-6-4-9-7(10-5-6)12-3-1-2-11-12/h4-5,11H,1-3H2. The first-order chi connectivity index (χ1) is 5.86. The Kier molecular flexibility index (Phi) is 2.23. The molecule has 1 aliphatic heterocycles. The fraction of sp³-hybridized carbons (Fsp3) is 0.429. The van der Waals surface area contributed by atoms with Crippen LogP contribution in [0.25, 0.3) is 0 Å². The Morgan fingerprint density at radius 2 is 2.17 bits per heavy atom. The molecule has 2 heterocycles. The van der Waals surface area contributed by atoms with E-state index >= 15 is 0 Å². The van der Waals surface area contributed by atoms with E-state index in [4.69, 9.17) is 0 Å². The Labute approximate surface area is 79.1 Å². The highest BCUT2D eigenvalue weighted by Gasteiger charge is 2.13. The lowest BCUT2D eigenvalue weighted by Gasteiger charge is -2.14. The van der Waals surface area contributed by atoms with Crippen LogP contribution in [0, 0.1) is 0 Å². The third-order valence-corrected chi connectivity index (χ3v) is 2.12. The van der Waals surface area contributed by atoms with Gasteiger partial charge in [0.05, 0.1) is 4.47 Å². The number of hydrazine groups is 1. The van der Waals surface area contributed by atoms with Crippen molar-refractivity contribution in [1.29, 1.82) is 0 Å². The molecule has 1 fully saturated rings. The summed E-state index contributed by atoms with van der Waals surface area (Å²) < 4.78 is 0.908. The molecule has 5 heteroatoms. The van der Waals surface area contributed by atoms with Crippen LogP contribution in [0.5, 0.6) is 0 Å². The molecule has 0 aliphatic carbocycles. The van der Waals surface area contributed by atoms with Gasteiger partial charge in [-0.3, -0.25) is 5.01 Å². The van der Waals surface area contributed by atoms with Gasteiger partial charge in [0, 0.05) is 25.5 Å². The van der Waals surface area contributed by atoms with Gasteiger partial charge in [-0.25, -0.2) is 15.4 Å². The molecule has 64 valence electrons. The minimum Gasteiger partial charge on any atom is -0.276 e. The van der Waals surface area contributed by atoms with E-state index in [1.807, 2.05) is 5.01 Å². The summed E-state index contributed by atoms with van der Waals surface area (Å²) in [5, 5.41) is 1.96. The number of halogens is 1. The molecule has 1 aromatic rings. The van der Waals surface area contributed by atoms with E-state index in [9.17, 15) is 0 Å². The molecular weight excluding hydrogens is 220 g/mol. The van der Waals surface area contributed by atoms with E-state index in [1.165, 1.54) is 0 Å². The van der Waals surface area contributed by atoms with E-state index in [0.717, 1.165) is 29.9 Å². The predicted molar refractivity (Wildman–Crippen MR) is 49.7 cm³/mol. The molecule has 4 nitrogen and oxygen atoms in total. The van der Waals surface area contributed by atoms with Gasteiger partial charge in [-0.1, -0.05) is 0 Å². The summed E-state index contributed by atoms with van der Waals surface area (Å²) in [6.45, 7) is 2.00. The van der Waals surface area contributed by atoms with Crippen LogP contribution in [-0.2, 0) is 0 Å². The van der Waals surface area contributed by atoms with Gasteiger partial charge in [0.1, 0.15) is 0 Å². The van der Waals surface area contributed by atoms with Crippen LogP contribution in [0.3, 0.4) is 0 Å². The molecule has 0 radical (unpaired) electrons. The number of hydrogen-bond donors (Lipinski definition) is 1. The summed E-state index contributed by atoms with van der Waals surface area (Å²) in [6, 6.07) is 0. The Balaban J connectivity index is 2.17. The second kappa shape index (κ2) is 3.37. The van der Waals surface area contributed by atoms with Crippen molar-refractivity contribution in [3.63, 3.8) is 0 Å². The second-order valence-corrected chi connectivity index (χ2v) is 3.53. The van der Waals surface area contributed by atoms with Crippen LogP contribution in [0.1, 0.15) is 6.42 Å². The maximum absolute atomic E-state index is 4.17. The highest BCUT2D eigenvalue weighted by Crippen LogP contribution is 2.11. The number of hydrogen-bond acceptors (Lipinski definition) is 4. The lowest BCUT2D eigenvalue weighted by atomic mass is 10.5. The number of nitrogens with zero attached hydrogens (tertiary/aromatic N) is 3. The number of aromatic nitrogens is 2. The molecule has 0 spiro atoms. The van der Waals surface area contributed by atoms with Gasteiger partial charge in [-0.2, -0.15) is 0 Å². The summed E-state index contributed by atoms with van der Waals surface area (Å²) in [6.07, 6.45) is 4.66. The Morgan fingerprint density at radius 3 is 2.75 bits per heavy atom. The zero-order valence-electron chi connectivity index (χ0n) is 6.50. The summed E-state index contributed by atoms with van der Waals surface area (Å²) in [4.78, 5) is 8.33. The maximum atomic E-state index is 4.17. The maximum Gasteiger partial charge on any atom is 0.239 e. The van der Waals surface area contributed by atoms with Crippen LogP contribution in [-0.4, -0.2) is 23.1 Å². The molecule has 2 rings (SSSR count). The molecular formula is C7H9BrN4. The molecule has 0 atom stereocenters. The van der Waals surface area contributed by atoms with E-state index in [-0.39, 0.29) is 0 Å². The smallest absolute Gasteiger partial charge is 0.239 e. The van der Waals surface area contributed by atoms with Gasteiger partial charge >= 0.3 is 0 Å². The van der Waals surface area contributed by atoms with Gasteiger partial charge < -0.3 is 0 Å². The minimum atomic E-state index is 0.746. The predicted octanol–water partition coefficient (Wildman–Crippen LogP) is 0.954. The summed E-state index contributed by atoms with van der Waals surface area (Å²) >= 11 is 3.29. The van der Waals surface area contributed by atoms with Gasteiger partial charge in [0.15, 0.2) is 0 Å². The molecule has 1 aliphatic rings. The van der Waals surface area contributed by atoms with Crippen molar-refractivity contribution in [3.8, 4) is 0 Å². The fourth-order valence-electron chi connectivity index (χ4n) is 1.15. The average molecular weight is 229 g/mol. The van der Waals surface area contributed by atoms with Crippen molar-refractivity contribution in [2.75, 3.05) is 18.1 Å². The fourth-order valence-corrected chi connectivity index (χ4v) is 1.35. The zero-order valence-corrected chi connectivity index (χ0v) is 8.08. The Bertz CT molecular complexity index is 255. The van der Waals surface area contributed by atoms with Gasteiger partial charge in [-0.05, 0) is 22.4 Å². The quantitative estimate of drug-likeness (QED) is 0.778. The second-order valence-electron chi connectivity index (χ2n) is 2.61. The molecule has 1 saturated heterocycles. The lowest BCUT2D eigenvalue weighted by molar-refractivity contribution is 0.755. The third kappa shape index (κ3) is 1.56. The first-order valence-electron chi connectivity index (χ1n) is 3.85. The van der Waals surface area contributed by atoms with Gasteiger partial charge in [-0.15, -0.1) is 0 Å². The topological polar surface area (TPSA) is 41.1 Å². The van der Waals surface area contributed by atoms with Crippen molar-refractivity contribution in [2.24, 2.45) is 0 Å². The van der Waals surface area contributed by atoms with Crippen LogP contribution in [0.15, 0.2) is 16.9 Å². The van der Waals surface area contributed by atoms with Crippen molar-refractivity contribution < 1.29 is 0 Å². The first kappa shape index (κ1) is 7.94. The highest BCUT2D eigenvalue weighted by atomic mass is 79.9. The lowest BCUT2D eigenvalue weighted by Crippen LogP contribution is -2.31. The SMILES string of the molecule is Brc1cnc(N2CCCN2)nc1. The Hall–Kier alpha value is -0.680. The first-order valence-corrected chi connectivity index (χ1v) is 4.64.